The fourth-order valence-electron chi connectivity index (χ4n) is 2.67. The van der Waals surface area contributed by atoms with Gasteiger partial charge in [-0.25, -0.2) is 0 Å². The smallest absolute Gasteiger partial charge is 0.285 e. The second-order valence-electron chi connectivity index (χ2n) is 6.30. The Balaban J connectivity index is 2.18. The molecule has 0 N–H and O–H groups in total. The zero-order chi connectivity index (χ0) is 19.6. The highest BCUT2D eigenvalue weighted by Crippen LogP contribution is 2.24. The number of thiazole rings is 1. The third-order valence-corrected chi connectivity index (χ3v) is 6.62. The topological polar surface area (TPSA) is 60.7 Å². The molecule has 0 saturated carbocycles. The van der Waals surface area contributed by atoms with E-state index in [1.807, 2.05) is 12.1 Å². The van der Waals surface area contributed by atoms with Gasteiger partial charge in [0.15, 0.2) is 0 Å². The maximum atomic E-state index is 12.7. The quantitative estimate of drug-likeness (QED) is 0.613. The molecular weight excluding hydrogens is 380 g/mol. The van der Waals surface area contributed by atoms with Crippen molar-refractivity contribution in [2.24, 2.45) is 4.40 Å². The van der Waals surface area contributed by atoms with E-state index in [9.17, 15) is 8.42 Å². The summed E-state index contributed by atoms with van der Waals surface area (Å²) in [6.07, 6.45) is 5.49. The van der Waals surface area contributed by atoms with Crippen molar-refractivity contribution in [2.75, 3.05) is 7.11 Å². The van der Waals surface area contributed by atoms with E-state index in [-0.39, 0.29) is 11.4 Å². The molecule has 0 bridgehead atoms. The van der Waals surface area contributed by atoms with Crippen molar-refractivity contribution in [3.8, 4) is 18.1 Å². The lowest BCUT2D eigenvalue weighted by Gasteiger charge is -2.05. The molecule has 140 valence electrons. The number of benzene rings is 2. The number of nitrogens with zero attached hydrogens (tertiary/aromatic N) is 2. The third kappa shape index (κ3) is 3.92. The Bertz CT molecular complexity index is 1180. The molecule has 27 heavy (non-hydrogen) atoms. The summed E-state index contributed by atoms with van der Waals surface area (Å²) >= 11 is 1.32. The van der Waals surface area contributed by atoms with Gasteiger partial charge in [-0.05, 0) is 47.9 Å². The largest absolute Gasteiger partial charge is 0.497 e. The summed E-state index contributed by atoms with van der Waals surface area (Å²) in [5.41, 5.74) is 2.06. The number of aromatic nitrogens is 1. The second kappa shape index (κ2) is 7.59. The molecule has 0 saturated heterocycles. The van der Waals surface area contributed by atoms with Crippen LogP contribution in [0.2, 0.25) is 0 Å². The molecule has 0 amide bonds. The summed E-state index contributed by atoms with van der Waals surface area (Å²) in [5, 5.41) is 0. The monoisotopic (exact) mass is 400 g/mol. The van der Waals surface area contributed by atoms with Crippen LogP contribution in [0.15, 0.2) is 51.8 Å². The van der Waals surface area contributed by atoms with Gasteiger partial charge in [-0.2, -0.15) is 8.42 Å². The van der Waals surface area contributed by atoms with Gasteiger partial charge in [-0.15, -0.1) is 10.8 Å². The van der Waals surface area contributed by atoms with Crippen LogP contribution in [0.3, 0.4) is 0 Å². The minimum atomic E-state index is -3.86. The van der Waals surface area contributed by atoms with E-state index in [0.29, 0.717) is 16.5 Å². The van der Waals surface area contributed by atoms with Gasteiger partial charge >= 0.3 is 0 Å². The van der Waals surface area contributed by atoms with Crippen molar-refractivity contribution >= 4 is 31.6 Å². The van der Waals surface area contributed by atoms with Crippen molar-refractivity contribution in [2.45, 2.75) is 31.2 Å². The highest BCUT2D eigenvalue weighted by molar-refractivity contribution is 7.90. The molecule has 3 rings (SSSR count). The normalized spacial score (nSPS) is 12.5. The molecule has 1 aromatic heterocycles. The first kappa shape index (κ1) is 19.2. The molecule has 0 unspecified atom stereocenters. The van der Waals surface area contributed by atoms with Crippen molar-refractivity contribution in [3.63, 3.8) is 0 Å². The van der Waals surface area contributed by atoms with Crippen LogP contribution in [0.5, 0.6) is 5.75 Å². The first-order valence-electron chi connectivity index (χ1n) is 8.37. The van der Waals surface area contributed by atoms with Crippen molar-refractivity contribution in [3.05, 3.63) is 52.8 Å². The molecule has 0 aliphatic rings. The first-order chi connectivity index (χ1) is 12.9. The van der Waals surface area contributed by atoms with Gasteiger partial charge in [0, 0.05) is 0 Å². The molecule has 0 radical (unpaired) electrons. The lowest BCUT2D eigenvalue weighted by molar-refractivity contribution is 0.414. The van der Waals surface area contributed by atoms with Crippen LogP contribution >= 0.6 is 11.3 Å². The van der Waals surface area contributed by atoms with Crippen molar-refractivity contribution in [1.82, 2.24) is 4.57 Å². The van der Waals surface area contributed by atoms with Crippen LogP contribution in [-0.2, 0) is 16.6 Å². The highest BCUT2D eigenvalue weighted by atomic mass is 32.2. The zero-order valence-electron chi connectivity index (χ0n) is 15.3. The number of fused-ring (bicyclic) bond motifs is 1. The maximum absolute atomic E-state index is 12.7. The SMILES string of the molecule is C#CCn1/c(=N/S(=O)(=O)c2ccc(OC)cc2)sc2cc(C(C)C)ccc21. The summed E-state index contributed by atoms with van der Waals surface area (Å²) in [7, 11) is -2.34. The molecule has 0 fully saturated rings. The van der Waals surface area contributed by atoms with Crippen LogP contribution < -0.4 is 9.54 Å². The highest BCUT2D eigenvalue weighted by Gasteiger charge is 2.15. The Morgan fingerprint density at radius 2 is 1.93 bits per heavy atom. The van der Waals surface area contributed by atoms with Crippen LogP contribution in [-0.4, -0.2) is 20.1 Å². The number of methoxy groups -OCH3 is 1. The van der Waals surface area contributed by atoms with E-state index < -0.39 is 10.0 Å². The average Bonchev–Trinajstić information content (AvgIpc) is 2.98. The molecule has 0 aliphatic heterocycles. The molecule has 7 heteroatoms. The Kier molecular flexibility index (Phi) is 5.40. The van der Waals surface area contributed by atoms with Crippen LogP contribution in [0.1, 0.15) is 25.3 Å². The van der Waals surface area contributed by atoms with E-state index in [0.717, 1.165) is 10.2 Å². The van der Waals surface area contributed by atoms with E-state index >= 15 is 0 Å². The molecule has 5 nitrogen and oxygen atoms in total. The standard InChI is InChI=1S/C20H20N2O3S2/c1-5-12-22-18-11-6-15(14(2)3)13-19(18)26-20(22)21-27(23,24)17-9-7-16(25-4)8-10-17/h1,6-11,13-14H,12H2,2-4H3/b21-20-. The van der Waals surface area contributed by atoms with E-state index in [1.54, 1.807) is 16.7 Å². The number of terminal acetylenes is 1. The summed E-state index contributed by atoms with van der Waals surface area (Å²) in [5.74, 6) is 3.54. The Morgan fingerprint density at radius 1 is 1.22 bits per heavy atom. The average molecular weight is 401 g/mol. The number of rotatable bonds is 5. The number of hydrogen-bond donors (Lipinski definition) is 0. The number of ether oxygens (including phenoxy) is 1. The molecule has 3 aromatic rings. The van der Waals surface area contributed by atoms with Gasteiger partial charge in [0.05, 0.1) is 28.8 Å². The molecule has 0 atom stereocenters. The molecular formula is C20H20N2O3S2. The Morgan fingerprint density at radius 3 is 2.52 bits per heavy atom. The summed E-state index contributed by atoms with van der Waals surface area (Å²) in [6, 6.07) is 12.2. The number of hydrogen-bond acceptors (Lipinski definition) is 4. The molecule has 0 aliphatic carbocycles. The minimum absolute atomic E-state index is 0.107. The zero-order valence-corrected chi connectivity index (χ0v) is 17.0. The van der Waals surface area contributed by atoms with Gasteiger partial charge in [-0.1, -0.05) is 37.2 Å². The summed E-state index contributed by atoms with van der Waals surface area (Å²) in [4.78, 5) is 0.468. The Hall–Kier alpha value is -2.56. The lowest BCUT2D eigenvalue weighted by atomic mass is 10.0. The minimum Gasteiger partial charge on any atom is -0.497 e. The van der Waals surface area contributed by atoms with Crippen molar-refractivity contribution in [1.29, 1.82) is 0 Å². The molecule has 2 aromatic carbocycles. The van der Waals surface area contributed by atoms with Crippen LogP contribution in [0, 0.1) is 12.3 Å². The molecule has 0 spiro atoms. The summed E-state index contributed by atoms with van der Waals surface area (Å²) < 4.78 is 37.3. The third-order valence-electron chi connectivity index (χ3n) is 4.18. The predicted molar refractivity (Wildman–Crippen MR) is 108 cm³/mol. The Labute approximate surface area is 163 Å². The maximum Gasteiger partial charge on any atom is 0.285 e. The molecule has 1 heterocycles. The van der Waals surface area contributed by atoms with Gasteiger partial charge in [0.25, 0.3) is 10.0 Å². The van der Waals surface area contributed by atoms with Crippen molar-refractivity contribution < 1.29 is 13.2 Å². The van der Waals surface area contributed by atoms with Crippen LogP contribution in [0.4, 0.5) is 0 Å². The fourth-order valence-corrected chi connectivity index (χ4v) is 4.95. The van der Waals surface area contributed by atoms with Crippen LogP contribution in [0.25, 0.3) is 10.2 Å². The van der Waals surface area contributed by atoms with Gasteiger partial charge in [-0.3, -0.25) is 0 Å². The first-order valence-corrected chi connectivity index (χ1v) is 10.6. The van der Waals surface area contributed by atoms with Gasteiger partial charge in [0.2, 0.25) is 4.80 Å². The summed E-state index contributed by atoms with van der Waals surface area (Å²) in [6.45, 7) is 4.48. The lowest BCUT2D eigenvalue weighted by Crippen LogP contribution is -2.16. The van der Waals surface area contributed by atoms with E-state index in [1.165, 1.54) is 36.1 Å². The predicted octanol–water partition coefficient (Wildman–Crippen LogP) is 3.76. The number of sulfonamides is 1. The second-order valence-corrected chi connectivity index (χ2v) is 8.91. The van der Waals surface area contributed by atoms with Gasteiger partial charge in [0.1, 0.15) is 5.75 Å². The van der Waals surface area contributed by atoms with E-state index in [4.69, 9.17) is 11.2 Å². The fraction of sp³-hybridized carbons (Fsp3) is 0.250. The van der Waals surface area contributed by atoms with E-state index in [2.05, 4.69) is 30.2 Å². The van der Waals surface area contributed by atoms with Gasteiger partial charge < -0.3 is 9.30 Å².